The van der Waals surface area contributed by atoms with Crippen LogP contribution in [-0.4, -0.2) is 36.8 Å². The van der Waals surface area contributed by atoms with Gasteiger partial charge in [0.15, 0.2) is 11.9 Å². The van der Waals surface area contributed by atoms with Crippen LogP contribution in [0.15, 0.2) is 53.7 Å². The van der Waals surface area contributed by atoms with E-state index in [0.29, 0.717) is 18.8 Å². The fourth-order valence-corrected chi connectivity index (χ4v) is 3.92. The number of benzene rings is 1. The molecular weight excluding hydrogens is 342 g/mol. The lowest BCUT2D eigenvalue weighted by atomic mass is 10.3. The fourth-order valence-electron chi connectivity index (χ4n) is 2.42. The predicted molar refractivity (Wildman–Crippen MR) is 93.5 cm³/mol. The van der Waals surface area contributed by atoms with Gasteiger partial charge in [-0.2, -0.15) is 8.87 Å². The molecule has 0 saturated heterocycles. The minimum atomic E-state index is -3.58. The third kappa shape index (κ3) is 4.77. The first-order chi connectivity index (χ1) is 11.9. The Morgan fingerprint density at radius 2 is 1.92 bits per heavy atom. The molecule has 7 nitrogen and oxygen atoms in total. The predicted octanol–water partition coefficient (Wildman–Crippen LogP) is 1.35. The lowest BCUT2D eigenvalue weighted by Gasteiger charge is -2.18. The van der Waals surface area contributed by atoms with E-state index in [1.165, 1.54) is 33.3 Å². The lowest BCUT2D eigenvalue weighted by Crippen LogP contribution is -2.39. The van der Waals surface area contributed by atoms with E-state index in [-0.39, 0.29) is 23.1 Å². The van der Waals surface area contributed by atoms with Gasteiger partial charge in [0.05, 0.1) is 4.90 Å². The summed E-state index contributed by atoms with van der Waals surface area (Å²) in [7, 11) is -3.58. The number of nitrogens with zero attached hydrogens (tertiary/aromatic N) is 2. The van der Waals surface area contributed by atoms with E-state index >= 15 is 0 Å². The second-order valence-corrected chi connectivity index (χ2v) is 7.34. The van der Waals surface area contributed by atoms with E-state index < -0.39 is 10.0 Å². The minimum Gasteiger partial charge on any atom is -0.503 e. The van der Waals surface area contributed by atoms with Gasteiger partial charge in [-0.05, 0) is 24.3 Å². The molecule has 0 aliphatic carbocycles. The number of nitrogens with one attached hydrogen (secondary N) is 1. The highest BCUT2D eigenvalue weighted by molar-refractivity contribution is 7.89. The number of carbonyl (C=O) groups is 1. The van der Waals surface area contributed by atoms with E-state index in [4.69, 9.17) is 0 Å². The van der Waals surface area contributed by atoms with Gasteiger partial charge in [0.25, 0.3) is 5.91 Å². The molecule has 1 aromatic carbocycles. The van der Waals surface area contributed by atoms with Crippen molar-refractivity contribution in [3.63, 3.8) is 0 Å². The number of sulfonamides is 1. The highest BCUT2D eigenvalue weighted by atomic mass is 32.2. The van der Waals surface area contributed by atoms with Crippen molar-refractivity contribution in [3.8, 4) is 5.75 Å². The molecule has 1 amide bonds. The SMILES string of the molecule is CCN(CC)S(=O)(=O)c1cccc(NC(=O)C[n+]2cccc(O)c2)c1. The highest BCUT2D eigenvalue weighted by Gasteiger charge is 2.22. The molecule has 0 fully saturated rings. The Kier molecular flexibility index (Phi) is 6.11. The largest absolute Gasteiger partial charge is 0.503 e. The normalized spacial score (nSPS) is 11.5. The van der Waals surface area contributed by atoms with Gasteiger partial charge in [0.1, 0.15) is 0 Å². The molecule has 25 heavy (non-hydrogen) atoms. The molecule has 2 rings (SSSR count). The Morgan fingerprint density at radius 1 is 1.20 bits per heavy atom. The number of amides is 1. The molecule has 8 heteroatoms. The van der Waals surface area contributed by atoms with Gasteiger partial charge in [-0.3, -0.25) is 4.79 Å². The molecule has 0 unspecified atom stereocenters. The number of aromatic nitrogens is 1. The summed E-state index contributed by atoms with van der Waals surface area (Å²) in [6, 6.07) is 9.31. The summed E-state index contributed by atoms with van der Waals surface area (Å²) in [5.74, 6) is -0.268. The topological polar surface area (TPSA) is 90.6 Å². The molecule has 0 saturated carbocycles. The molecular formula is C17H22N3O4S+. The van der Waals surface area contributed by atoms with E-state index in [1.807, 2.05) is 0 Å². The summed E-state index contributed by atoms with van der Waals surface area (Å²) in [5.41, 5.74) is 0.402. The van der Waals surface area contributed by atoms with Gasteiger partial charge in [-0.1, -0.05) is 19.9 Å². The van der Waals surface area contributed by atoms with Gasteiger partial charge in [0.2, 0.25) is 22.8 Å². The van der Waals surface area contributed by atoms with Crippen molar-refractivity contribution < 1.29 is 22.9 Å². The molecule has 1 heterocycles. The lowest BCUT2D eigenvalue weighted by molar-refractivity contribution is -0.684. The van der Waals surface area contributed by atoms with E-state index in [9.17, 15) is 18.3 Å². The Balaban J connectivity index is 2.15. The average Bonchev–Trinajstić information content (AvgIpc) is 2.56. The second-order valence-electron chi connectivity index (χ2n) is 5.40. The van der Waals surface area contributed by atoms with Gasteiger partial charge in [0, 0.05) is 24.8 Å². The Bertz CT molecular complexity index is 848. The maximum Gasteiger partial charge on any atom is 0.290 e. The van der Waals surface area contributed by atoms with E-state index in [0.717, 1.165) is 0 Å². The summed E-state index contributed by atoms with van der Waals surface area (Å²) in [6.45, 7) is 4.31. The van der Waals surface area contributed by atoms with Crippen molar-refractivity contribution in [2.75, 3.05) is 18.4 Å². The van der Waals surface area contributed by atoms with Crippen molar-refractivity contribution in [2.45, 2.75) is 25.3 Å². The van der Waals surface area contributed by atoms with Gasteiger partial charge in [-0.25, -0.2) is 8.42 Å². The van der Waals surface area contributed by atoms with E-state index in [2.05, 4.69) is 5.32 Å². The molecule has 0 bridgehead atoms. The number of aromatic hydroxyl groups is 1. The highest BCUT2D eigenvalue weighted by Crippen LogP contribution is 2.19. The van der Waals surface area contributed by atoms with E-state index in [1.54, 1.807) is 38.2 Å². The van der Waals surface area contributed by atoms with Crippen molar-refractivity contribution in [1.29, 1.82) is 0 Å². The first kappa shape index (κ1) is 18.9. The molecule has 1 aromatic heterocycles. The summed E-state index contributed by atoms with van der Waals surface area (Å²) in [5, 5.41) is 12.1. The third-order valence-corrected chi connectivity index (χ3v) is 5.68. The Labute approximate surface area is 147 Å². The van der Waals surface area contributed by atoms with Crippen molar-refractivity contribution >= 4 is 21.6 Å². The molecule has 134 valence electrons. The third-order valence-electron chi connectivity index (χ3n) is 3.63. The molecule has 0 aliphatic rings. The molecule has 2 N–H and O–H groups in total. The zero-order valence-electron chi connectivity index (χ0n) is 14.2. The summed E-state index contributed by atoms with van der Waals surface area (Å²) >= 11 is 0. The monoisotopic (exact) mass is 364 g/mol. The zero-order valence-corrected chi connectivity index (χ0v) is 15.0. The van der Waals surface area contributed by atoms with Crippen LogP contribution in [0.3, 0.4) is 0 Å². The number of hydrogen-bond donors (Lipinski definition) is 2. The average molecular weight is 364 g/mol. The Morgan fingerprint density at radius 3 is 2.56 bits per heavy atom. The van der Waals surface area contributed by atoms with Crippen LogP contribution < -0.4 is 9.88 Å². The first-order valence-corrected chi connectivity index (χ1v) is 9.39. The van der Waals surface area contributed by atoms with Crippen molar-refractivity contribution in [3.05, 3.63) is 48.8 Å². The summed E-state index contributed by atoms with van der Waals surface area (Å²) in [4.78, 5) is 12.3. The van der Waals surface area contributed by atoms with Crippen molar-refractivity contribution in [2.24, 2.45) is 0 Å². The second kappa shape index (κ2) is 8.09. The number of rotatable bonds is 7. The van der Waals surface area contributed by atoms with Crippen LogP contribution >= 0.6 is 0 Å². The first-order valence-electron chi connectivity index (χ1n) is 7.95. The number of pyridine rings is 1. The van der Waals surface area contributed by atoms with Gasteiger partial charge >= 0.3 is 0 Å². The summed E-state index contributed by atoms with van der Waals surface area (Å²) in [6.07, 6.45) is 3.08. The van der Waals surface area contributed by atoms with Crippen LogP contribution in [0.25, 0.3) is 0 Å². The van der Waals surface area contributed by atoms with Crippen LogP contribution in [0, 0.1) is 0 Å². The number of hydrogen-bond acceptors (Lipinski definition) is 4. The fraction of sp³-hybridized carbons (Fsp3) is 0.294. The van der Waals surface area contributed by atoms with Crippen LogP contribution in [0.1, 0.15) is 13.8 Å². The van der Waals surface area contributed by atoms with Crippen LogP contribution in [0.5, 0.6) is 5.75 Å². The summed E-state index contributed by atoms with van der Waals surface area (Å²) < 4.78 is 28.0. The van der Waals surface area contributed by atoms with Gasteiger partial charge < -0.3 is 10.4 Å². The van der Waals surface area contributed by atoms with Gasteiger partial charge in [-0.15, -0.1) is 0 Å². The quantitative estimate of drug-likeness (QED) is 0.726. The Hall–Kier alpha value is -2.45. The maximum atomic E-state index is 12.5. The molecule has 0 atom stereocenters. The van der Waals surface area contributed by atoms with Crippen LogP contribution in [-0.2, 0) is 21.4 Å². The molecule has 0 aliphatic heterocycles. The smallest absolute Gasteiger partial charge is 0.290 e. The zero-order chi connectivity index (χ0) is 18.4. The van der Waals surface area contributed by atoms with Crippen LogP contribution in [0.2, 0.25) is 0 Å². The number of carbonyl (C=O) groups excluding carboxylic acids is 1. The molecule has 2 aromatic rings. The minimum absolute atomic E-state index is 0.00141. The standard InChI is InChI=1S/C17H21N3O4S/c1-3-20(4-2)25(23,24)16-9-5-7-14(11-16)18-17(22)13-19-10-6-8-15(21)12-19/h5-12H,3-4,13H2,1-2H3,(H-,18,21,22)/p+1. The molecule has 0 spiro atoms. The molecule has 0 radical (unpaired) electrons. The number of anilines is 1. The van der Waals surface area contributed by atoms with Crippen molar-refractivity contribution in [1.82, 2.24) is 4.31 Å². The van der Waals surface area contributed by atoms with Crippen LogP contribution in [0.4, 0.5) is 5.69 Å². The maximum absolute atomic E-state index is 12.5.